The molecule has 0 amide bonds. The Bertz CT molecular complexity index is 374. The topological polar surface area (TPSA) is 50.2 Å². The first-order valence-corrected chi connectivity index (χ1v) is 5.43. The predicted molar refractivity (Wildman–Crippen MR) is 56.9 cm³/mol. The summed E-state index contributed by atoms with van der Waals surface area (Å²) in [4.78, 5) is 15.8. The van der Waals surface area contributed by atoms with Gasteiger partial charge in [0.2, 0.25) is 0 Å². The molecule has 0 saturated heterocycles. The quantitative estimate of drug-likeness (QED) is 0.814. The maximum absolute atomic E-state index is 11.6. The summed E-state index contributed by atoms with van der Waals surface area (Å²) in [6.07, 6.45) is 5.82. The second-order valence-electron chi connectivity index (χ2n) is 3.90. The summed E-state index contributed by atoms with van der Waals surface area (Å²) >= 11 is 0. The minimum absolute atomic E-state index is 0.169. The smallest absolute Gasteiger partial charge is 0.181 e. The Kier molecular flexibility index (Phi) is 3.11. The maximum Gasteiger partial charge on any atom is 0.181 e. The van der Waals surface area contributed by atoms with Crippen LogP contribution in [0.15, 0.2) is 12.3 Å². The molecule has 0 aliphatic heterocycles. The molecule has 1 heterocycles. The van der Waals surface area contributed by atoms with Crippen LogP contribution in [0.4, 0.5) is 0 Å². The molecule has 0 atom stereocenters. The van der Waals surface area contributed by atoms with Crippen LogP contribution in [0.2, 0.25) is 0 Å². The number of carbonyl (C=O) groups excluding carboxylic acids is 1. The second-order valence-corrected chi connectivity index (χ2v) is 3.90. The van der Waals surface area contributed by atoms with Crippen LogP contribution in [-0.4, -0.2) is 22.5 Å². The van der Waals surface area contributed by atoms with E-state index in [2.05, 4.69) is 4.98 Å². The highest BCUT2D eigenvalue weighted by Crippen LogP contribution is 2.23. The zero-order valence-electron chi connectivity index (χ0n) is 8.70. The van der Waals surface area contributed by atoms with Crippen LogP contribution in [0.25, 0.3) is 0 Å². The number of rotatable bonds is 3. The second kappa shape index (κ2) is 4.53. The van der Waals surface area contributed by atoms with E-state index in [1.54, 1.807) is 6.20 Å². The lowest BCUT2D eigenvalue weighted by atomic mass is 9.90. The number of aliphatic hydroxyl groups excluding tert-OH is 1. The summed E-state index contributed by atoms with van der Waals surface area (Å²) in [5, 5.41) is 8.80. The molecule has 0 aromatic carbocycles. The Labute approximate surface area is 89.2 Å². The van der Waals surface area contributed by atoms with Crippen molar-refractivity contribution in [1.29, 1.82) is 0 Å². The molecule has 0 saturated carbocycles. The number of ketones is 1. The number of hydrogen-bond donors (Lipinski definition) is 1. The van der Waals surface area contributed by atoms with E-state index in [-0.39, 0.29) is 12.4 Å². The molecule has 1 aromatic heterocycles. The molecule has 2 rings (SSSR count). The van der Waals surface area contributed by atoms with E-state index in [0.717, 1.165) is 31.2 Å². The Morgan fingerprint density at radius 2 is 2.27 bits per heavy atom. The number of hydrogen-bond acceptors (Lipinski definition) is 3. The average molecular weight is 205 g/mol. The van der Waals surface area contributed by atoms with E-state index in [9.17, 15) is 4.79 Å². The van der Waals surface area contributed by atoms with Gasteiger partial charge in [-0.15, -0.1) is 0 Å². The number of fused-ring (bicyclic) bond motifs is 1. The molecule has 1 aliphatic carbocycles. The van der Waals surface area contributed by atoms with E-state index >= 15 is 0 Å². The van der Waals surface area contributed by atoms with Crippen LogP contribution in [-0.2, 0) is 12.8 Å². The number of pyridine rings is 1. The highest BCUT2D eigenvalue weighted by molar-refractivity contribution is 5.96. The summed E-state index contributed by atoms with van der Waals surface area (Å²) in [7, 11) is 0. The van der Waals surface area contributed by atoms with Gasteiger partial charge in [0.05, 0.1) is 0 Å². The van der Waals surface area contributed by atoms with Gasteiger partial charge in [-0.3, -0.25) is 9.78 Å². The van der Waals surface area contributed by atoms with Gasteiger partial charge in [-0.05, 0) is 42.9 Å². The van der Waals surface area contributed by atoms with Crippen molar-refractivity contribution in [3.05, 3.63) is 29.1 Å². The Hall–Kier alpha value is -1.22. The lowest BCUT2D eigenvalue weighted by Crippen LogP contribution is -2.15. The van der Waals surface area contributed by atoms with Crippen molar-refractivity contribution in [3.63, 3.8) is 0 Å². The first kappa shape index (κ1) is 10.3. The average Bonchev–Trinajstić information content (AvgIpc) is 2.27. The molecule has 0 spiro atoms. The number of nitrogens with zero attached hydrogens (tertiary/aromatic N) is 1. The van der Waals surface area contributed by atoms with Crippen molar-refractivity contribution in [2.45, 2.75) is 32.1 Å². The standard InChI is InChI=1S/C12H15NO2/c14-8-2-3-9-6-7-13-12-10(9)4-1-5-11(12)15/h6-7,14H,1-5,8H2. The maximum atomic E-state index is 11.6. The van der Waals surface area contributed by atoms with Gasteiger partial charge < -0.3 is 5.11 Å². The molecule has 0 fully saturated rings. The molecule has 3 nitrogen and oxygen atoms in total. The molecule has 15 heavy (non-hydrogen) atoms. The minimum atomic E-state index is 0.169. The van der Waals surface area contributed by atoms with E-state index < -0.39 is 0 Å². The van der Waals surface area contributed by atoms with Crippen LogP contribution in [0.3, 0.4) is 0 Å². The van der Waals surface area contributed by atoms with E-state index in [1.165, 1.54) is 5.56 Å². The van der Waals surface area contributed by atoms with Gasteiger partial charge in [-0.2, -0.15) is 0 Å². The molecular weight excluding hydrogens is 190 g/mol. The van der Waals surface area contributed by atoms with Gasteiger partial charge >= 0.3 is 0 Å². The summed E-state index contributed by atoms with van der Waals surface area (Å²) in [6.45, 7) is 0.199. The van der Waals surface area contributed by atoms with E-state index in [4.69, 9.17) is 5.11 Å². The monoisotopic (exact) mass is 205 g/mol. The summed E-state index contributed by atoms with van der Waals surface area (Å²) in [6, 6.07) is 1.97. The van der Waals surface area contributed by atoms with Gasteiger partial charge in [0.25, 0.3) is 0 Å². The van der Waals surface area contributed by atoms with Crippen LogP contribution in [0.1, 0.15) is 40.9 Å². The molecule has 1 aliphatic rings. The number of aliphatic hydroxyl groups is 1. The van der Waals surface area contributed by atoms with Gasteiger partial charge in [0.15, 0.2) is 5.78 Å². The molecular formula is C12H15NO2. The van der Waals surface area contributed by atoms with Crippen molar-refractivity contribution in [2.24, 2.45) is 0 Å². The van der Waals surface area contributed by atoms with Crippen LogP contribution in [0.5, 0.6) is 0 Å². The summed E-state index contributed by atoms with van der Waals surface area (Å²) < 4.78 is 0. The third-order valence-electron chi connectivity index (χ3n) is 2.85. The fourth-order valence-corrected chi connectivity index (χ4v) is 2.10. The SMILES string of the molecule is O=C1CCCc2c(CCCO)ccnc21. The first-order chi connectivity index (χ1) is 7.33. The lowest BCUT2D eigenvalue weighted by Gasteiger charge is -2.16. The largest absolute Gasteiger partial charge is 0.396 e. The van der Waals surface area contributed by atoms with Crippen molar-refractivity contribution < 1.29 is 9.90 Å². The molecule has 1 aromatic rings. The molecule has 0 radical (unpaired) electrons. The molecule has 80 valence electrons. The Balaban J connectivity index is 2.31. The summed E-state index contributed by atoms with van der Waals surface area (Å²) in [5.41, 5.74) is 2.96. The number of carbonyl (C=O) groups is 1. The number of Topliss-reactive ketones (excluding diaryl/α,β-unsaturated/α-hetero) is 1. The normalized spacial score (nSPS) is 15.1. The van der Waals surface area contributed by atoms with E-state index in [1.807, 2.05) is 6.07 Å². The first-order valence-electron chi connectivity index (χ1n) is 5.43. The Morgan fingerprint density at radius 1 is 1.40 bits per heavy atom. The lowest BCUT2D eigenvalue weighted by molar-refractivity contribution is 0.0967. The van der Waals surface area contributed by atoms with Crippen LogP contribution < -0.4 is 0 Å². The van der Waals surface area contributed by atoms with E-state index in [0.29, 0.717) is 12.1 Å². The zero-order valence-corrected chi connectivity index (χ0v) is 8.70. The number of aryl methyl sites for hydroxylation is 1. The molecule has 0 unspecified atom stereocenters. The van der Waals surface area contributed by atoms with Crippen molar-refractivity contribution in [3.8, 4) is 0 Å². The van der Waals surface area contributed by atoms with Gasteiger partial charge in [0.1, 0.15) is 5.69 Å². The van der Waals surface area contributed by atoms with Crippen molar-refractivity contribution in [1.82, 2.24) is 4.98 Å². The van der Waals surface area contributed by atoms with Gasteiger partial charge in [-0.25, -0.2) is 0 Å². The molecule has 1 N–H and O–H groups in total. The fraction of sp³-hybridized carbons (Fsp3) is 0.500. The molecule has 3 heteroatoms. The highest BCUT2D eigenvalue weighted by Gasteiger charge is 2.20. The van der Waals surface area contributed by atoms with Gasteiger partial charge in [0, 0.05) is 19.2 Å². The third-order valence-corrected chi connectivity index (χ3v) is 2.85. The molecule has 0 bridgehead atoms. The zero-order chi connectivity index (χ0) is 10.7. The van der Waals surface area contributed by atoms with Crippen molar-refractivity contribution >= 4 is 5.78 Å². The highest BCUT2D eigenvalue weighted by atomic mass is 16.2. The van der Waals surface area contributed by atoms with Crippen LogP contribution in [0, 0.1) is 0 Å². The fourth-order valence-electron chi connectivity index (χ4n) is 2.10. The summed E-state index contributed by atoms with van der Waals surface area (Å²) in [5.74, 6) is 0.169. The Morgan fingerprint density at radius 3 is 3.07 bits per heavy atom. The third kappa shape index (κ3) is 2.07. The van der Waals surface area contributed by atoms with Crippen LogP contribution >= 0.6 is 0 Å². The number of aromatic nitrogens is 1. The minimum Gasteiger partial charge on any atom is -0.396 e. The predicted octanol–water partition coefficient (Wildman–Crippen LogP) is 1.53. The van der Waals surface area contributed by atoms with Crippen molar-refractivity contribution in [2.75, 3.05) is 6.61 Å². The van der Waals surface area contributed by atoms with Gasteiger partial charge in [-0.1, -0.05) is 0 Å².